The lowest BCUT2D eigenvalue weighted by molar-refractivity contribution is -0.485. The molecule has 0 aliphatic heterocycles. The highest BCUT2D eigenvalue weighted by atomic mass is 16.7. The van der Waals surface area contributed by atoms with E-state index in [1.165, 1.54) is 0 Å². The van der Waals surface area contributed by atoms with Crippen molar-refractivity contribution < 1.29 is 19.7 Å². The minimum Gasteiger partial charge on any atom is -0.396 e. The molecule has 0 bridgehead atoms. The Morgan fingerprint density at radius 3 is 2.03 bits per heavy atom. The van der Waals surface area contributed by atoms with Crippen molar-refractivity contribution >= 4 is 17.8 Å². The minimum absolute atomic E-state index is 0.100. The number of hydrazone groups is 1. The number of unbranched alkanes of at least 4 members (excludes halogenated alkanes) is 2. The monoisotopic (exact) mass is 498 g/mol. The van der Waals surface area contributed by atoms with Crippen molar-refractivity contribution in [3.05, 3.63) is 81.9 Å². The number of amides is 2. The van der Waals surface area contributed by atoms with Gasteiger partial charge in [-0.2, -0.15) is 0 Å². The molecule has 0 heterocycles. The van der Waals surface area contributed by atoms with E-state index in [0.717, 1.165) is 17.5 Å². The molecule has 0 spiro atoms. The fraction of sp³-hybridized carbons (Fsp3) is 0.400. The van der Waals surface area contributed by atoms with Crippen LogP contribution in [0.4, 0.5) is 0 Å². The molecule has 0 saturated carbocycles. The van der Waals surface area contributed by atoms with Crippen LogP contribution in [0.3, 0.4) is 0 Å². The number of guanidine groups is 1. The van der Waals surface area contributed by atoms with Crippen molar-refractivity contribution in [3.8, 4) is 0 Å². The van der Waals surface area contributed by atoms with Gasteiger partial charge < -0.3 is 26.8 Å². The third-order valence-electron chi connectivity index (χ3n) is 5.46. The summed E-state index contributed by atoms with van der Waals surface area (Å²) >= 11 is 0. The lowest BCUT2D eigenvalue weighted by Gasteiger charge is -2.23. The van der Waals surface area contributed by atoms with E-state index in [1.807, 2.05) is 60.7 Å². The molecule has 0 unspecified atom stereocenters. The molecule has 2 aromatic rings. The van der Waals surface area contributed by atoms with Crippen LogP contribution in [0.15, 0.2) is 65.8 Å². The van der Waals surface area contributed by atoms with Crippen molar-refractivity contribution in [2.45, 2.75) is 44.1 Å². The molecule has 0 saturated heterocycles. The van der Waals surface area contributed by atoms with Gasteiger partial charge in [0, 0.05) is 19.7 Å². The first-order valence-electron chi connectivity index (χ1n) is 11.9. The topological polar surface area (TPSA) is 172 Å². The number of carbonyl (C=O) groups is 2. The molecule has 11 heteroatoms. The highest BCUT2D eigenvalue weighted by molar-refractivity contribution is 5.92. The van der Waals surface area contributed by atoms with Crippen LogP contribution in [-0.2, 0) is 9.59 Å². The summed E-state index contributed by atoms with van der Waals surface area (Å²) in [5.74, 6) is -1.57. The van der Waals surface area contributed by atoms with E-state index < -0.39 is 17.0 Å². The van der Waals surface area contributed by atoms with Gasteiger partial charge in [0.05, 0.1) is 5.92 Å². The molecule has 36 heavy (non-hydrogen) atoms. The Kier molecular flexibility index (Phi) is 12.4. The maximum absolute atomic E-state index is 13.5. The Morgan fingerprint density at radius 1 is 0.889 bits per heavy atom. The van der Waals surface area contributed by atoms with Crippen LogP contribution >= 0.6 is 0 Å². The van der Waals surface area contributed by atoms with E-state index >= 15 is 0 Å². The number of rotatable bonds is 15. The number of nitrogens with one attached hydrogen (secondary N) is 3. The zero-order chi connectivity index (χ0) is 26.2. The van der Waals surface area contributed by atoms with Gasteiger partial charge in [0.15, 0.2) is 5.03 Å². The van der Waals surface area contributed by atoms with E-state index in [2.05, 4.69) is 21.1 Å². The third kappa shape index (κ3) is 10.1. The standard InChI is InChI=1S/C25H34N6O5/c26-25(30-31(35)36)28-17-10-15-21(23(33)27-16-8-3-9-18-32)29-24(34)22(19-11-4-1-5-12-19)20-13-6-2-7-14-20/h1-2,4-7,11-14,21-22,32H,3,8-10,15-18H2,(H,27,33)(H,29,34)(H3,26,28,30)/t21-/m1/s1. The minimum atomic E-state index is -0.900. The summed E-state index contributed by atoms with van der Waals surface area (Å²) in [4.78, 5) is 36.8. The first-order valence-corrected chi connectivity index (χ1v) is 11.9. The molecule has 6 N–H and O–H groups in total. The number of nitro groups is 1. The predicted octanol–water partition coefficient (Wildman–Crippen LogP) is 1.46. The maximum Gasteiger partial charge on any atom is 0.266 e. The number of aliphatic hydroxyl groups excluding tert-OH is 1. The first kappa shape index (κ1) is 28.2. The molecule has 194 valence electrons. The summed E-state index contributed by atoms with van der Waals surface area (Å²) < 4.78 is 0. The zero-order valence-electron chi connectivity index (χ0n) is 20.1. The molecule has 0 fully saturated rings. The van der Waals surface area contributed by atoms with E-state index in [1.54, 1.807) is 0 Å². The van der Waals surface area contributed by atoms with Crippen molar-refractivity contribution in [1.29, 1.82) is 0 Å². The molecule has 2 amide bonds. The summed E-state index contributed by atoms with van der Waals surface area (Å²) in [6.45, 7) is 0.760. The Bertz CT molecular complexity index is 947. The number of carbonyl (C=O) groups excluding carboxylic acids is 2. The SMILES string of the molecule is N/C(=N/[N+](=O)[O-])NCCC[C@@H](NC(=O)C(c1ccccc1)c1ccccc1)C(=O)NCCCCCO. The van der Waals surface area contributed by atoms with Gasteiger partial charge in [-0.05, 0) is 43.2 Å². The van der Waals surface area contributed by atoms with Gasteiger partial charge in [-0.15, -0.1) is 0 Å². The average molecular weight is 499 g/mol. The quantitative estimate of drug-likeness (QED) is 0.0813. The number of nitrogens with two attached hydrogens (primary N) is 1. The molecule has 0 aliphatic carbocycles. The molecule has 2 rings (SSSR count). The van der Waals surface area contributed by atoms with Gasteiger partial charge in [-0.25, -0.2) is 10.1 Å². The van der Waals surface area contributed by atoms with Gasteiger partial charge in [0.1, 0.15) is 11.1 Å². The Hall–Kier alpha value is -3.99. The van der Waals surface area contributed by atoms with Gasteiger partial charge >= 0.3 is 0 Å². The molecule has 0 aliphatic rings. The molecular weight excluding hydrogens is 464 g/mol. The highest BCUT2D eigenvalue weighted by Crippen LogP contribution is 2.25. The molecule has 11 nitrogen and oxygen atoms in total. The van der Waals surface area contributed by atoms with Crippen molar-refractivity contribution in [3.63, 3.8) is 0 Å². The Morgan fingerprint density at radius 2 is 1.47 bits per heavy atom. The lowest BCUT2D eigenvalue weighted by atomic mass is 9.90. The highest BCUT2D eigenvalue weighted by Gasteiger charge is 2.27. The van der Waals surface area contributed by atoms with E-state index in [-0.39, 0.29) is 37.3 Å². The second kappa shape index (κ2) is 15.8. The smallest absolute Gasteiger partial charge is 0.266 e. The van der Waals surface area contributed by atoms with Crippen LogP contribution in [0.2, 0.25) is 0 Å². The van der Waals surface area contributed by atoms with Crippen LogP contribution in [0.1, 0.15) is 49.1 Å². The normalized spacial score (nSPS) is 12.1. The maximum atomic E-state index is 13.5. The van der Waals surface area contributed by atoms with Crippen LogP contribution < -0.4 is 21.7 Å². The molecular formula is C25H34N6O5. The fourth-order valence-electron chi connectivity index (χ4n) is 3.70. The largest absolute Gasteiger partial charge is 0.396 e. The van der Waals surface area contributed by atoms with E-state index in [4.69, 9.17) is 10.8 Å². The second-order valence-electron chi connectivity index (χ2n) is 8.18. The summed E-state index contributed by atoms with van der Waals surface area (Å²) in [5, 5.41) is 29.8. The first-order chi connectivity index (χ1) is 17.4. The summed E-state index contributed by atoms with van der Waals surface area (Å²) in [7, 11) is 0. The summed E-state index contributed by atoms with van der Waals surface area (Å²) in [6, 6.07) is 17.8. The zero-order valence-corrected chi connectivity index (χ0v) is 20.1. The molecule has 0 aromatic heterocycles. The Balaban J connectivity index is 2.11. The second-order valence-corrected chi connectivity index (χ2v) is 8.18. The number of aliphatic hydroxyl groups is 1. The van der Waals surface area contributed by atoms with Crippen LogP contribution in [-0.4, -0.2) is 53.7 Å². The van der Waals surface area contributed by atoms with Gasteiger partial charge in [-0.1, -0.05) is 60.7 Å². The van der Waals surface area contributed by atoms with Crippen LogP contribution in [0.5, 0.6) is 0 Å². The summed E-state index contributed by atoms with van der Waals surface area (Å²) in [5.41, 5.74) is 7.04. The summed E-state index contributed by atoms with van der Waals surface area (Å²) in [6.07, 6.45) is 2.82. The number of nitrogens with zero attached hydrogens (tertiary/aromatic N) is 2. The number of benzene rings is 2. The van der Waals surface area contributed by atoms with Crippen LogP contribution in [0, 0.1) is 10.1 Å². The van der Waals surface area contributed by atoms with E-state index in [9.17, 15) is 19.7 Å². The fourth-order valence-corrected chi connectivity index (χ4v) is 3.70. The molecule has 0 radical (unpaired) electrons. The van der Waals surface area contributed by atoms with Crippen molar-refractivity contribution in [2.75, 3.05) is 19.7 Å². The Labute approximate surface area is 210 Å². The number of hydrogen-bond acceptors (Lipinski definition) is 5. The third-order valence-corrected chi connectivity index (χ3v) is 5.46. The van der Waals surface area contributed by atoms with Gasteiger partial charge in [0.2, 0.25) is 11.8 Å². The lowest BCUT2D eigenvalue weighted by Crippen LogP contribution is -2.48. The molecule has 1 atom stereocenters. The van der Waals surface area contributed by atoms with E-state index in [0.29, 0.717) is 25.8 Å². The van der Waals surface area contributed by atoms with Gasteiger partial charge in [-0.3, -0.25) is 9.59 Å². The van der Waals surface area contributed by atoms with Crippen molar-refractivity contribution in [2.24, 2.45) is 10.8 Å². The van der Waals surface area contributed by atoms with Crippen LogP contribution in [0.25, 0.3) is 0 Å². The molecule has 2 aromatic carbocycles. The van der Waals surface area contributed by atoms with Gasteiger partial charge in [0.25, 0.3) is 5.96 Å². The van der Waals surface area contributed by atoms with Crippen molar-refractivity contribution in [1.82, 2.24) is 16.0 Å². The average Bonchev–Trinajstić information content (AvgIpc) is 2.86. The number of hydrogen-bond donors (Lipinski definition) is 5. The predicted molar refractivity (Wildman–Crippen MR) is 136 cm³/mol.